The molecule has 0 aliphatic rings. The van der Waals surface area contributed by atoms with Crippen LogP contribution >= 0.6 is 0 Å². The zero-order valence-corrected chi connectivity index (χ0v) is 10.5. The highest BCUT2D eigenvalue weighted by atomic mass is 16.5. The number of aryl methyl sites for hydroxylation is 1. The van der Waals surface area contributed by atoms with Gasteiger partial charge in [0.2, 0.25) is 0 Å². The van der Waals surface area contributed by atoms with Crippen molar-refractivity contribution < 1.29 is 14.6 Å². The van der Waals surface area contributed by atoms with Crippen LogP contribution in [0.4, 0.5) is 0 Å². The van der Waals surface area contributed by atoms with Gasteiger partial charge in [0.15, 0.2) is 0 Å². The molecule has 0 aromatic heterocycles. The third-order valence-electron chi connectivity index (χ3n) is 2.78. The van der Waals surface area contributed by atoms with Gasteiger partial charge >= 0.3 is 0 Å². The maximum atomic E-state index is 9.10. The molecule has 3 heteroatoms. The van der Waals surface area contributed by atoms with Crippen LogP contribution in [0.2, 0.25) is 0 Å². The topological polar surface area (TPSA) is 38.7 Å². The molecule has 0 fully saturated rings. The minimum Gasteiger partial charge on any atom is -0.497 e. The summed E-state index contributed by atoms with van der Waals surface area (Å²) < 4.78 is 10.8. The van der Waals surface area contributed by atoms with Crippen molar-refractivity contribution in [2.45, 2.75) is 13.5 Å². The van der Waals surface area contributed by atoms with Crippen molar-refractivity contribution in [3.05, 3.63) is 53.6 Å². The van der Waals surface area contributed by atoms with E-state index in [1.54, 1.807) is 7.11 Å². The maximum absolute atomic E-state index is 9.10. The number of hydrogen-bond donors (Lipinski definition) is 1. The van der Waals surface area contributed by atoms with Crippen LogP contribution in [-0.2, 0) is 6.61 Å². The molecular weight excluding hydrogens is 228 g/mol. The fourth-order valence-corrected chi connectivity index (χ4v) is 1.69. The second kappa shape index (κ2) is 5.56. The van der Waals surface area contributed by atoms with Crippen LogP contribution in [0.3, 0.4) is 0 Å². The molecule has 0 amide bonds. The Morgan fingerprint density at radius 1 is 0.944 bits per heavy atom. The van der Waals surface area contributed by atoms with Gasteiger partial charge in [-0.05, 0) is 54.4 Å². The first-order valence-electron chi connectivity index (χ1n) is 5.75. The summed E-state index contributed by atoms with van der Waals surface area (Å²) in [7, 11) is 1.63. The lowest BCUT2D eigenvalue weighted by Gasteiger charge is -2.09. The summed E-state index contributed by atoms with van der Waals surface area (Å²) in [5.74, 6) is 2.32. The lowest BCUT2D eigenvalue weighted by molar-refractivity contribution is 0.281. The second-order valence-electron chi connectivity index (χ2n) is 4.02. The number of aliphatic hydroxyl groups is 1. The molecule has 0 bridgehead atoms. The minimum atomic E-state index is 0.0502. The zero-order chi connectivity index (χ0) is 13.0. The Morgan fingerprint density at radius 3 is 2.11 bits per heavy atom. The quantitative estimate of drug-likeness (QED) is 0.897. The smallest absolute Gasteiger partial charge is 0.127 e. The van der Waals surface area contributed by atoms with Crippen LogP contribution in [0.25, 0.3) is 0 Å². The molecule has 2 aromatic carbocycles. The van der Waals surface area contributed by atoms with Gasteiger partial charge in [0.1, 0.15) is 17.2 Å². The first kappa shape index (κ1) is 12.5. The summed E-state index contributed by atoms with van der Waals surface area (Å²) in [6.45, 7) is 2.00. The summed E-state index contributed by atoms with van der Waals surface area (Å²) in [6, 6.07) is 13.0. The summed E-state index contributed by atoms with van der Waals surface area (Å²) in [6.07, 6.45) is 0. The minimum absolute atomic E-state index is 0.0502. The van der Waals surface area contributed by atoms with E-state index >= 15 is 0 Å². The molecule has 1 N–H and O–H groups in total. The number of methoxy groups -OCH3 is 1. The average Bonchev–Trinajstić information content (AvgIpc) is 2.40. The van der Waals surface area contributed by atoms with Gasteiger partial charge in [-0.3, -0.25) is 0 Å². The van der Waals surface area contributed by atoms with Crippen LogP contribution in [-0.4, -0.2) is 12.2 Å². The van der Waals surface area contributed by atoms with E-state index in [0.717, 1.165) is 28.4 Å². The number of benzene rings is 2. The summed E-state index contributed by atoms with van der Waals surface area (Å²) in [5, 5.41) is 9.10. The van der Waals surface area contributed by atoms with Gasteiger partial charge in [0, 0.05) is 0 Å². The zero-order valence-electron chi connectivity index (χ0n) is 10.5. The third-order valence-corrected chi connectivity index (χ3v) is 2.78. The average molecular weight is 244 g/mol. The molecular formula is C15H16O3. The summed E-state index contributed by atoms with van der Waals surface area (Å²) >= 11 is 0. The van der Waals surface area contributed by atoms with Gasteiger partial charge in [-0.2, -0.15) is 0 Å². The predicted molar refractivity (Wildman–Crippen MR) is 70.2 cm³/mol. The molecule has 2 aromatic rings. The monoisotopic (exact) mass is 244 g/mol. The van der Waals surface area contributed by atoms with E-state index in [-0.39, 0.29) is 6.61 Å². The largest absolute Gasteiger partial charge is 0.497 e. The van der Waals surface area contributed by atoms with Crippen molar-refractivity contribution in [1.82, 2.24) is 0 Å². The van der Waals surface area contributed by atoms with Crippen molar-refractivity contribution in [3.8, 4) is 17.2 Å². The van der Waals surface area contributed by atoms with E-state index < -0.39 is 0 Å². The molecule has 18 heavy (non-hydrogen) atoms. The fourth-order valence-electron chi connectivity index (χ4n) is 1.69. The fraction of sp³-hybridized carbons (Fsp3) is 0.200. The number of aliphatic hydroxyl groups excluding tert-OH is 1. The van der Waals surface area contributed by atoms with Crippen LogP contribution in [0.5, 0.6) is 17.2 Å². The third kappa shape index (κ3) is 2.81. The van der Waals surface area contributed by atoms with E-state index in [2.05, 4.69) is 0 Å². The van der Waals surface area contributed by atoms with Crippen LogP contribution in [0, 0.1) is 6.92 Å². The molecule has 0 spiro atoms. The van der Waals surface area contributed by atoms with E-state index in [1.807, 2.05) is 49.4 Å². The van der Waals surface area contributed by atoms with Gasteiger partial charge in [-0.1, -0.05) is 6.07 Å². The Morgan fingerprint density at radius 2 is 1.56 bits per heavy atom. The van der Waals surface area contributed by atoms with Crippen LogP contribution in [0.15, 0.2) is 42.5 Å². The molecule has 3 nitrogen and oxygen atoms in total. The lowest BCUT2D eigenvalue weighted by atomic mass is 10.1. The van der Waals surface area contributed by atoms with Crippen molar-refractivity contribution in [1.29, 1.82) is 0 Å². The Bertz CT molecular complexity index is 518. The lowest BCUT2D eigenvalue weighted by Crippen LogP contribution is -1.90. The van der Waals surface area contributed by atoms with Crippen LogP contribution < -0.4 is 9.47 Å². The van der Waals surface area contributed by atoms with Gasteiger partial charge in [-0.15, -0.1) is 0 Å². The van der Waals surface area contributed by atoms with Crippen molar-refractivity contribution in [2.75, 3.05) is 7.11 Å². The highest BCUT2D eigenvalue weighted by Crippen LogP contribution is 2.25. The normalized spacial score (nSPS) is 10.2. The number of ether oxygens (including phenoxy) is 2. The Labute approximate surface area is 107 Å². The molecule has 2 rings (SSSR count). The SMILES string of the molecule is COc1ccc(Oc2ccc(CO)c(C)c2)cc1. The Hall–Kier alpha value is -2.00. The Balaban J connectivity index is 2.15. The first-order chi connectivity index (χ1) is 8.72. The first-order valence-corrected chi connectivity index (χ1v) is 5.75. The highest BCUT2D eigenvalue weighted by molar-refractivity contribution is 5.39. The highest BCUT2D eigenvalue weighted by Gasteiger charge is 2.01. The molecule has 0 aliphatic carbocycles. The van der Waals surface area contributed by atoms with E-state index in [0.29, 0.717) is 0 Å². The molecule has 0 radical (unpaired) electrons. The number of rotatable bonds is 4. The van der Waals surface area contributed by atoms with Crippen molar-refractivity contribution in [2.24, 2.45) is 0 Å². The van der Waals surface area contributed by atoms with E-state index in [1.165, 1.54) is 0 Å². The second-order valence-corrected chi connectivity index (χ2v) is 4.02. The maximum Gasteiger partial charge on any atom is 0.127 e. The predicted octanol–water partition coefficient (Wildman–Crippen LogP) is 3.29. The molecule has 0 unspecified atom stereocenters. The van der Waals surface area contributed by atoms with Crippen LogP contribution in [0.1, 0.15) is 11.1 Å². The molecule has 94 valence electrons. The molecule has 0 heterocycles. The molecule has 0 saturated heterocycles. The van der Waals surface area contributed by atoms with Gasteiger partial charge < -0.3 is 14.6 Å². The van der Waals surface area contributed by atoms with Gasteiger partial charge in [0.05, 0.1) is 13.7 Å². The van der Waals surface area contributed by atoms with Crippen molar-refractivity contribution >= 4 is 0 Å². The Kier molecular flexibility index (Phi) is 3.85. The molecule has 0 aliphatic heterocycles. The summed E-state index contributed by atoms with van der Waals surface area (Å²) in [5.41, 5.74) is 1.93. The molecule has 0 atom stereocenters. The van der Waals surface area contributed by atoms with Gasteiger partial charge in [-0.25, -0.2) is 0 Å². The van der Waals surface area contributed by atoms with Gasteiger partial charge in [0.25, 0.3) is 0 Å². The van der Waals surface area contributed by atoms with E-state index in [4.69, 9.17) is 14.6 Å². The number of hydrogen-bond acceptors (Lipinski definition) is 3. The standard InChI is InChI=1S/C15H16O3/c1-11-9-15(4-3-12(11)10-16)18-14-7-5-13(17-2)6-8-14/h3-9,16H,10H2,1-2H3. The van der Waals surface area contributed by atoms with Crippen molar-refractivity contribution in [3.63, 3.8) is 0 Å². The van der Waals surface area contributed by atoms with E-state index in [9.17, 15) is 0 Å². The summed E-state index contributed by atoms with van der Waals surface area (Å²) in [4.78, 5) is 0. The molecule has 0 saturated carbocycles.